The van der Waals surface area contributed by atoms with Crippen LogP contribution in [0.4, 0.5) is 8.78 Å². The lowest BCUT2D eigenvalue weighted by Crippen LogP contribution is -2.43. The highest BCUT2D eigenvalue weighted by Crippen LogP contribution is 2.41. The molecule has 27 heavy (non-hydrogen) atoms. The van der Waals surface area contributed by atoms with Crippen LogP contribution in [0.3, 0.4) is 0 Å². The van der Waals surface area contributed by atoms with Gasteiger partial charge in [-0.05, 0) is 60.6 Å². The molecule has 0 spiro atoms. The van der Waals surface area contributed by atoms with Gasteiger partial charge in [-0.15, -0.1) is 8.78 Å². The van der Waals surface area contributed by atoms with Crippen LogP contribution in [0.5, 0.6) is 17.2 Å². The first-order valence-corrected chi connectivity index (χ1v) is 11.5. The van der Waals surface area contributed by atoms with E-state index in [-0.39, 0.29) is 27.9 Å². The Labute approximate surface area is 158 Å². The minimum atomic E-state index is -3.70. The minimum absolute atomic E-state index is 0.0655. The van der Waals surface area contributed by atoms with Crippen LogP contribution in [-0.4, -0.2) is 20.4 Å². The van der Waals surface area contributed by atoms with Crippen molar-refractivity contribution in [2.24, 2.45) is 0 Å². The third-order valence-corrected chi connectivity index (χ3v) is 9.32. The van der Waals surface area contributed by atoms with Gasteiger partial charge in [0.1, 0.15) is 5.75 Å². The van der Waals surface area contributed by atoms with Gasteiger partial charge in [0, 0.05) is 11.1 Å². The zero-order valence-electron chi connectivity index (χ0n) is 15.9. The van der Waals surface area contributed by atoms with Crippen molar-refractivity contribution in [3.63, 3.8) is 0 Å². The Morgan fingerprint density at radius 1 is 0.963 bits per heavy atom. The molecule has 2 aromatic rings. The summed E-state index contributed by atoms with van der Waals surface area (Å²) in [5.41, 5.74) is 0.677. The summed E-state index contributed by atoms with van der Waals surface area (Å²) in [5, 5.41) is 0.0655. The second kappa shape index (κ2) is 6.33. The van der Waals surface area contributed by atoms with Crippen LogP contribution in [-0.2, 0) is 0 Å². The first-order chi connectivity index (χ1) is 12.4. The maximum Gasteiger partial charge on any atom is 0.586 e. The van der Waals surface area contributed by atoms with E-state index in [0.717, 1.165) is 0 Å². The van der Waals surface area contributed by atoms with Crippen LogP contribution in [0, 0.1) is 0 Å². The van der Waals surface area contributed by atoms with Crippen LogP contribution in [0.25, 0.3) is 0 Å². The number of carbonyl (C=O) groups excluding carboxylic acids is 1. The molecular formula is C20H22F2O4Si. The molecular weight excluding hydrogens is 370 g/mol. The van der Waals surface area contributed by atoms with Crippen molar-refractivity contribution in [3.05, 3.63) is 53.6 Å². The monoisotopic (exact) mass is 392 g/mol. The number of benzene rings is 2. The first kappa shape index (κ1) is 19.4. The summed E-state index contributed by atoms with van der Waals surface area (Å²) in [6.07, 6.45) is -3.70. The highest BCUT2D eigenvalue weighted by Gasteiger charge is 2.43. The Morgan fingerprint density at radius 3 is 2.11 bits per heavy atom. The molecule has 0 N–H and O–H groups in total. The molecule has 1 aliphatic heterocycles. The molecule has 0 fully saturated rings. The fourth-order valence-electron chi connectivity index (χ4n) is 2.38. The number of hydrogen-bond acceptors (Lipinski definition) is 4. The normalized spacial score (nSPS) is 15.5. The molecule has 0 amide bonds. The Kier molecular flexibility index (Phi) is 4.54. The second-order valence-corrected chi connectivity index (χ2v) is 12.8. The molecule has 0 aliphatic carbocycles. The van der Waals surface area contributed by atoms with E-state index >= 15 is 0 Å². The van der Waals surface area contributed by atoms with Gasteiger partial charge in [-0.2, -0.15) is 0 Å². The summed E-state index contributed by atoms with van der Waals surface area (Å²) >= 11 is 0. The van der Waals surface area contributed by atoms with Gasteiger partial charge in [0.15, 0.2) is 17.3 Å². The smallest absolute Gasteiger partial charge is 0.544 e. The van der Waals surface area contributed by atoms with Gasteiger partial charge in [0.25, 0.3) is 0 Å². The molecule has 1 aliphatic rings. The third kappa shape index (κ3) is 3.97. The van der Waals surface area contributed by atoms with Gasteiger partial charge >= 0.3 is 6.29 Å². The first-order valence-electron chi connectivity index (χ1n) is 8.62. The fraction of sp³-hybridized carbons (Fsp3) is 0.350. The van der Waals surface area contributed by atoms with Gasteiger partial charge in [-0.1, -0.05) is 20.8 Å². The molecule has 144 valence electrons. The topological polar surface area (TPSA) is 44.8 Å². The quantitative estimate of drug-likeness (QED) is 0.500. The average Bonchev–Trinajstić information content (AvgIpc) is 2.86. The summed E-state index contributed by atoms with van der Waals surface area (Å²) in [4.78, 5) is 12.6. The maximum atomic E-state index is 13.1. The highest BCUT2D eigenvalue weighted by atomic mass is 28.4. The molecule has 0 aromatic heterocycles. The molecule has 0 bridgehead atoms. The van der Waals surface area contributed by atoms with Crippen molar-refractivity contribution < 1.29 is 27.5 Å². The van der Waals surface area contributed by atoms with Crippen LogP contribution in [0.1, 0.15) is 36.7 Å². The van der Waals surface area contributed by atoms with Crippen molar-refractivity contribution >= 4 is 14.1 Å². The van der Waals surface area contributed by atoms with E-state index in [2.05, 4.69) is 43.3 Å². The van der Waals surface area contributed by atoms with Gasteiger partial charge in [0.2, 0.25) is 8.32 Å². The Morgan fingerprint density at radius 2 is 1.52 bits per heavy atom. The standard InChI is InChI=1S/C20H22F2O4Si/c1-19(2,3)27(4,5)26-15-9-6-13(7-10-15)18(23)14-8-11-16-17(12-14)25-20(21,22)24-16/h6-12H,1-5H3. The lowest BCUT2D eigenvalue weighted by molar-refractivity contribution is -0.286. The number of ether oxygens (including phenoxy) is 2. The van der Waals surface area contributed by atoms with Crippen molar-refractivity contribution in [1.82, 2.24) is 0 Å². The molecule has 4 nitrogen and oxygen atoms in total. The third-order valence-electron chi connectivity index (χ3n) is 4.96. The van der Waals surface area contributed by atoms with Crippen molar-refractivity contribution in [2.45, 2.75) is 45.2 Å². The van der Waals surface area contributed by atoms with Crippen molar-refractivity contribution in [3.8, 4) is 17.2 Å². The van der Waals surface area contributed by atoms with Crippen LogP contribution < -0.4 is 13.9 Å². The molecule has 0 radical (unpaired) electrons. The number of carbonyl (C=O) groups is 1. The molecule has 1 heterocycles. The number of ketones is 1. The molecule has 0 saturated heterocycles. The van der Waals surface area contributed by atoms with Crippen molar-refractivity contribution in [1.29, 1.82) is 0 Å². The summed E-state index contributed by atoms with van der Waals surface area (Å²) < 4.78 is 41.2. The Balaban J connectivity index is 1.78. The van der Waals surface area contributed by atoms with Crippen LogP contribution in [0.2, 0.25) is 18.1 Å². The average molecular weight is 392 g/mol. The number of hydrogen-bond donors (Lipinski definition) is 0. The van der Waals surface area contributed by atoms with Crippen LogP contribution in [0.15, 0.2) is 42.5 Å². The summed E-state index contributed by atoms with van der Waals surface area (Å²) in [5.74, 6) is 0.178. The lowest BCUT2D eigenvalue weighted by Gasteiger charge is -2.36. The molecule has 7 heteroatoms. The Bertz CT molecular complexity index is 871. The highest BCUT2D eigenvalue weighted by molar-refractivity contribution is 6.74. The number of halogens is 2. The fourth-order valence-corrected chi connectivity index (χ4v) is 3.41. The summed E-state index contributed by atoms with van der Waals surface area (Å²) in [6.45, 7) is 10.8. The van der Waals surface area contributed by atoms with E-state index < -0.39 is 14.6 Å². The number of alkyl halides is 2. The van der Waals surface area contributed by atoms with E-state index in [4.69, 9.17) is 4.43 Å². The minimum Gasteiger partial charge on any atom is -0.544 e. The number of rotatable bonds is 4. The molecule has 2 aromatic carbocycles. The van der Waals surface area contributed by atoms with Gasteiger partial charge in [0.05, 0.1) is 0 Å². The maximum absolute atomic E-state index is 13.1. The van der Waals surface area contributed by atoms with Crippen LogP contribution >= 0.6 is 0 Å². The predicted molar refractivity (Wildman–Crippen MR) is 100 cm³/mol. The SMILES string of the molecule is CC(C)(C)[Si](C)(C)Oc1ccc(C(=O)c2ccc3c(c2)OC(F)(F)O3)cc1. The molecule has 0 atom stereocenters. The van der Waals surface area contributed by atoms with E-state index in [0.29, 0.717) is 11.3 Å². The summed E-state index contributed by atoms with van der Waals surface area (Å²) in [6, 6.07) is 10.9. The Hall–Kier alpha value is -2.41. The van der Waals surface area contributed by atoms with E-state index in [1.807, 2.05) is 0 Å². The molecule has 0 saturated carbocycles. The number of fused-ring (bicyclic) bond motifs is 1. The largest absolute Gasteiger partial charge is 0.586 e. The zero-order valence-corrected chi connectivity index (χ0v) is 16.9. The van der Waals surface area contributed by atoms with Gasteiger partial charge < -0.3 is 13.9 Å². The van der Waals surface area contributed by atoms with E-state index in [1.165, 1.54) is 18.2 Å². The van der Waals surface area contributed by atoms with E-state index in [9.17, 15) is 13.6 Å². The zero-order chi connectivity index (χ0) is 20.0. The van der Waals surface area contributed by atoms with Crippen molar-refractivity contribution in [2.75, 3.05) is 0 Å². The van der Waals surface area contributed by atoms with Gasteiger partial charge in [-0.3, -0.25) is 4.79 Å². The van der Waals surface area contributed by atoms with E-state index in [1.54, 1.807) is 24.3 Å². The molecule has 3 rings (SSSR count). The molecule has 0 unspecified atom stereocenters. The van der Waals surface area contributed by atoms with Gasteiger partial charge in [-0.25, -0.2) is 0 Å². The predicted octanol–water partition coefficient (Wildman–Crippen LogP) is 5.62. The second-order valence-electron chi connectivity index (χ2n) is 8.04. The lowest BCUT2D eigenvalue weighted by atomic mass is 10.0. The summed E-state index contributed by atoms with van der Waals surface area (Å²) in [7, 11) is -1.97.